The van der Waals surface area contributed by atoms with E-state index in [0.29, 0.717) is 0 Å². The number of hydrogen-bond donors (Lipinski definition) is 1. The molecule has 0 radical (unpaired) electrons. The van der Waals surface area contributed by atoms with Crippen LogP contribution in [-0.2, 0) is 6.54 Å². The van der Waals surface area contributed by atoms with Gasteiger partial charge in [0.25, 0.3) is 0 Å². The molecule has 0 amide bonds. The van der Waals surface area contributed by atoms with Crippen LogP contribution in [0.25, 0.3) is 22.4 Å². The fraction of sp³-hybridized carbons (Fsp3) is 0.0526. The molecule has 0 aliphatic rings. The number of nitrogens with one attached hydrogen (secondary N) is 1. The summed E-state index contributed by atoms with van der Waals surface area (Å²) in [5.74, 6) is 0.910. The van der Waals surface area contributed by atoms with Crippen molar-refractivity contribution in [2.75, 3.05) is 0 Å². The highest BCUT2D eigenvalue weighted by Gasteiger charge is 2.07. The van der Waals surface area contributed by atoms with Crippen LogP contribution in [0.2, 0.25) is 0 Å². The van der Waals surface area contributed by atoms with Gasteiger partial charge in [0.2, 0.25) is 0 Å². The summed E-state index contributed by atoms with van der Waals surface area (Å²) in [6, 6.07) is 22.7. The van der Waals surface area contributed by atoms with Gasteiger partial charge in [-0.3, -0.25) is 0 Å². The van der Waals surface area contributed by atoms with Crippen LogP contribution in [0.5, 0.6) is 0 Å². The predicted octanol–water partition coefficient (Wildman–Crippen LogP) is 0.570. The summed E-state index contributed by atoms with van der Waals surface area (Å²) in [4.78, 5) is 7.99. The van der Waals surface area contributed by atoms with Crippen molar-refractivity contribution in [3.63, 3.8) is 0 Å². The smallest absolute Gasteiger partial charge is 0.173 e. The molecular formula is C19H16ClN3. The topological polar surface area (TPSA) is 32.6 Å². The van der Waals surface area contributed by atoms with Crippen molar-refractivity contribution in [1.29, 1.82) is 0 Å². The van der Waals surface area contributed by atoms with Gasteiger partial charge in [0.1, 0.15) is 5.82 Å². The van der Waals surface area contributed by atoms with Crippen LogP contribution in [0, 0.1) is 0 Å². The molecule has 0 fully saturated rings. The molecule has 0 saturated carbocycles. The number of benzene rings is 2. The first kappa shape index (κ1) is 15.3. The minimum Gasteiger partial charge on any atom is -1.00 e. The van der Waals surface area contributed by atoms with Gasteiger partial charge in [0.15, 0.2) is 18.9 Å². The molecule has 0 saturated heterocycles. The van der Waals surface area contributed by atoms with Crippen LogP contribution in [0.4, 0.5) is 0 Å². The molecule has 2 heterocycles. The molecule has 23 heavy (non-hydrogen) atoms. The Kier molecular flexibility index (Phi) is 4.40. The van der Waals surface area contributed by atoms with Crippen molar-refractivity contribution in [1.82, 2.24) is 9.97 Å². The SMILES string of the molecule is [Cl-].c1ccc(C[n+]2ccc(-c3nc4ccccc4[nH]3)cc2)cc1. The summed E-state index contributed by atoms with van der Waals surface area (Å²) in [6.45, 7) is 0.876. The molecule has 4 rings (SSSR count). The minimum absolute atomic E-state index is 0. The molecule has 2 aromatic heterocycles. The normalized spacial score (nSPS) is 10.4. The standard InChI is InChI=1S/C19H15N3.ClH/c1-2-6-15(7-3-1)14-22-12-10-16(11-13-22)19-20-17-8-4-5-9-18(17)21-19;/h1-13H,14H2;1H. The van der Waals surface area contributed by atoms with E-state index < -0.39 is 0 Å². The number of aromatic nitrogens is 3. The molecule has 0 atom stereocenters. The van der Waals surface area contributed by atoms with E-state index in [4.69, 9.17) is 0 Å². The second-order valence-electron chi connectivity index (χ2n) is 5.35. The molecule has 4 aromatic rings. The van der Waals surface area contributed by atoms with Gasteiger partial charge < -0.3 is 17.4 Å². The summed E-state index contributed by atoms with van der Waals surface area (Å²) in [5, 5.41) is 0. The first-order chi connectivity index (χ1) is 10.9. The van der Waals surface area contributed by atoms with Gasteiger partial charge in [-0.15, -0.1) is 0 Å². The monoisotopic (exact) mass is 321 g/mol. The maximum absolute atomic E-state index is 4.63. The van der Waals surface area contributed by atoms with Crippen molar-refractivity contribution in [2.45, 2.75) is 6.54 Å². The number of imidazole rings is 1. The van der Waals surface area contributed by atoms with E-state index in [-0.39, 0.29) is 12.4 Å². The average molecular weight is 322 g/mol. The van der Waals surface area contributed by atoms with Crippen LogP contribution in [-0.4, -0.2) is 9.97 Å². The van der Waals surface area contributed by atoms with Gasteiger partial charge in [-0.2, -0.15) is 0 Å². The lowest BCUT2D eigenvalue weighted by atomic mass is 10.2. The molecule has 114 valence electrons. The number of nitrogens with zero attached hydrogens (tertiary/aromatic N) is 2. The highest BCUT2D eigenvalue weighted by atomic mass is 35.5. The summed E-state index contributed by atoms with van der Waals surface area (Å²) >= 11 is 0. The van der Waals surface area contributed by atoms with Crippen molar-refractivity contribution in [3.05, 3.63) is 84.7 Å². The Morgan fingerprint density at radius 2 is 1.52 bits per heavy atom. The summed E-state index contributed by atoms with van der Waals surface area (Å²) in [5.41, 5.74) is 4.46. The second kappa shape index (κ2) is 6.63. The third kappa shape index (κ3) is 3.25. The second-order valence-corrected chi connectivity index (χ2v) is 5.35. The van der Waals surface area contributed by atoms with Gasteiger partial charge in [-0.05, 0) is 12.1 Å². The van der Waals surface area contributed by atoms with Crippen molar-refractivity contribution >= 4 is 11.0 Å². The molecule has 0 unspecified atom stereocenters. The first-order valence-electron chi connectivity index (χ1n) is 7.37. The molecular weight excluding hydrogens is 306 g/mol. The van der Waals surface area contributed by atoms with Gasteiger partial charge in [-0.25, -0.2) is 9.55 Å². The average Bonchev–Trinajstić information content (AvgIpc) is 3.00. The van der Waals surface area contributed by atoms with Gasteiger partial charge in [-0.1, -0.05) is 42.5 Å². The molecule has 0 bridgehead atoms. The molecule has 2 aromatic carbocycles. The van der Waals surface area contributed by atoms with Crippen LogP contribution in [0.3, 0.4) is 0 Å². The Morgan fingerprint density at radius 3 is 2.26 bits per heavy atom. The van der Waals surface area contributed by atoms with Crippen molar-refractivity contribution < 1.29 is 17.0 Å². The summed E-state index contributed by atoms with van der Waals surface area (Å²) in [6.07, 6.45) is 4.19. The van der Waals surface area contributed by atoms with Gasteiger partial charge in [0, 0.05) is 23.3 Å². The lowest BCUT2D eigenvalue weighted by Gasteiger charge is -1.99. The summed E-state index contributed by atoms with van der Waals surface area (Å²) < 4.78 is 2.17. The zero-order chi connectivity index (χ0) is 14.8. The number of halogens is 1. The Bertz CT molecular complexity index is 866. The highest BCUT2D eigenvalue weighted by molar-refractivity contribution is 5.78. The number of para-hydroxylation sites is 2. The Balaban J connectivity index is 0.00000156. The Labute approximate surface area is 141 Å². The third-order valence-corrected chi connectivity index (χ3v) is 3.76. The molecule has 3 nitrogen and oxygen atoms in total. The number of H-pyrrole nitrogens is 1. The fourth-order valence-electron chi connectivity index (χ4n) is 2.60. The number of pyridine rings is 1. The van der Waals surface area contributed by atoms with E-state index in [9.17, 15) is 0 Å². The third-order valence-electron chi connectivity index (χ3n) is 3.76. The predicted molar refractivity (Wildman–Crippen MR) is 87.3 cm³/mol. The van der Waals surface area contributed by atoms with E-state index in [1.807, 2.05) is 30.3 Å². The van der Waals surface area contributed by atoms with E-state index in [2.05, 4.69) is 63.3 Å². The Morgan fingerprint density at radius 1 is 0.826 bits per heavy atom. The molecule has 0 aliphatic carbocycles. The number of aromatic amines is 1. The van der Waals surface area contributed by atoms with Crippen molar-refractivity contribution in [3.8, 4) is 11.4 Å². The van der Waals surface area contributed by atoms with Crippen LogP contribution in [0.15, 0.2) is 79.1 Å². The van der Waals surface area contributed by atoms with Crippen LogP contribution < -0.4 is 17.0 Å². The van der Waals surface area contributed by atoms with Gasteiger partial charge in [0.05, 0.1) is 11.0 Å². The van der Waals surface area contributed by atoms with E-state index >= 15 is 0 Å². The zero-order valence-corrected chi connectivity index (χ0v) is 13.2. The zero-order valence-electron chi connectivity index (χ0n) is 12.5. The molecule has 4 heteroatoms. The summed E-state index contributed by atoms with van der Waals surface area (Å²) in [7, 11) is 0. The van der Waals surface area contributed by atoms with Crippen LogP contribution >= 0.6 is 0 Å². The lowest BCUT2D eigenvalue weighted by Crippen LogP contribution is -3.00. The van der Waals surface area contributed by atoms with E-state index in [0.717, 1.165) is 29.0 Å². The lowest BCUT2D eigenvalue weighted by molar-refractivity contribution is -0.688. The number of hydrogen-bond acceptors (Lipinski definition) is 1. The Hall–Kier alpha value is -2.65. The maximum Gasteiger partial charge on any atom is 0.173 e. The van der Waals surface area contributed by atoms with E-state index in [1.54, 1.807) is 0 Å². The largest absolute Gasteiger partial charge is 1.00 e. The fourth-order valence-corrected chi connectivity index (χ4v) is 2.60. The molecule has 0 aliphatic heterocycles. The van der Waals surface area contributed by atoms with Crippen LogP contribution in [0.1, 0.15) is 5.56 Å². The van der Waals surface area contributed by atoms with E-state index in [1.165, 1.54) is 5.56 Å². The molecule has 0 spiro atoms. The number of rotatable bonds is 3. The number of fused-ring (bicyclic) bond motifs is 1. The molecule has 1 N–H and O–H groups in total. The minimum atomic E-state index is 0. The van der Waals surface area contributed by atoms with Gasteiger partial charge >= 0.3 is 0 Å². The highest BCUT2D eigenvalue weighted by Crippen LogP contribution is 2.18. The quantitative estimate of drug-likeness (QED) is 0.550. The first-order valence-corrected chi connectivity index (χ1v) is 7.37. The van der Waals surface area contributed by atoms with Crippen molar-refractivity contribution in [2.24, 2.45) is 0 Å². The maximum atomic E-state index is 4.63.